The summed E-state index contributed by atoms with van der Waals surface area (Å²) in [7, 11) is 3.44. The molecular weight excluding hydrogens is 445 g/mol. The van der Waals surface area contributed by atoms with E-state index in [0.717, 1.165) is 43.4 Å². The lowest BCUT2D eigenvalue weighted by Crippen LogP contribution is -2.37. The van der Waals surface area contributed by atoms with Gasteiger partial charge in [-0.25, -0.2) is 4.98 Å². The summed E-state index contributed by atoms with van der Waals surface area (Å²) in [4.78, 5) is 11.0. The maximum atomic E-state index is 5.43. The van der Waals surface area contributed by atoms with E-state index in [9.17, 15) is 0 Å². The quantitative estimate of drug-likeness (QED) is 0.208. The molecule has 0 radical (unpaired) electrons. The number of ether oxygens (including phenoxy) is 2. The first-order valence-corrected chi connectivity index (χ1v) is 8.96. The van der Waals surface area contributed by atoms with Crippen LogP contribution in [-0.4, -0.2) is 64.6 Å². The molecule has 2 N–H and O–H groups in total. The van der Waals surface area contributed by atoms with Crippen molar-refractivity contribution in [3.8, 4) is 0 Å². The molecule has 0 atom stereocenters. The number of nitrogens with one attached hydrogen (secondary N) is 2. The van der Waals surface area contributed by atoms with Crippen LogP contribution in [0.4, 0.5) is 5.82 Å². The van der Waals surface area contributed by atoms with Crippen LogP contribution in [0.5, 0.6) is 0 Å². The smallest absolute Gasteiger partial charge is 0.191 e. The van der Waals surface area contributed by atoms with E-state index in [1.165, 1.54) is 0 Å². The van der Waals surface area contributed by atoms with Crippen molar-refractivity contribution in [1.29, 1.82) is 0 Å². The molecule has 0 spiro atoms. The van der Waals surface area contributed by atoms with Gasteiger partial charge >= 0.3 is 0 Å². The van der Waals surface area contributed by atoms with Gasteiger partial charge < -0.3 is 25.0 Å². The van der Waals surface area contributed by atoms with Crippen molar-refractivity contribution in [2.75, 3.05) is 58.5 Å². The number of pyridine rings is 1. The van der Waals surface area contributed by atoms with Gasteiger partial charge in [0.05, 0.1) is 13.2 Å². The molecule has 0 saturated carbocycles. The molecule has 0 amide bonds. The van der Waals surface area contributed by atoms with Crippen molar-refractivity contribution in [1.82, 2.24) is 15.6 Å². The lowest BCUT2D eigenvalue weighted by Gasteiger charge is -2.19. The molecule has 7 nitrogen and oxygen atoms in total. The minimum Gasteiger partial charge on any atom is -0.382 e. The number of halogens is 1. The summed E-state index contributed by atoms with van der Waals surface area (Å²) in [6.45, 7) is 9.70. The number of methoxy groups -OCH3 is 1. The molecule has 0 unspecified atom stereocenters. The Bertz CT molecular complexity index is 481. The summed E-state index contributed by atoms with van der Waals surface area (Å²) in [6.07, 6.45) is 2.84. The molecule has 1 rings (SSSR count). The summed E-state index contributed by atoms with van der Waals surface area (Å²) in [5, 5.41) is 6.58. The topological polar surface area (TPSA) is 71.0 Å². The Morgan fingerprint density at radius 1 is 1.15 bits per heavy atom. The predicted octanol–water partition coefficient (Wildman–Crippen LogP) is 2.26. The van der Waals surface area contributed by atoms with Crippen LogP contribution < -0.4 is 15.5 Å². The van der Waals surface area contributed by atoms with Crippen molar-refractivity contribution in [3.63, 3.8) is 0 Å². The van der Waals surface area contributed by atoms with Gasteiger partial charge in [0, 0.05) is 53.1 Å². The second kappa shape index (κ2) is 16.1. The van der Waals surface area contributed by atoms with Gasteiger partial charge in [0.2, 0.25) is 0 Å². The molecule has 8 heteroatoms. The summed E-state index contributed by atoms with van der Waals surface area (Å²) < 4.78 is 10.4. The van der Waals surface area contributed by atoms with E-state index in [1.54, 1.807) is 14.2 Å². The zero-order valence-corrected chi connectivity index (χ0v) is 18.8. The van der Waals surface area contributed by atoms with Gasteiger partial charge in [0.1, 0.15) is 5.82 Å². The van der Waals surface area contributed by atoms with Gasteiger partial charge in [-0.15, -0.1) is 24.0 Å². The van der Waals surface area contributed by atoms with Crippen LogP contribution >= 0.6 is 24.0 Å². The van der Waals surface area contributed by atoms with Crippen LogP contribution in [-0.2, 0) is 16.0 Å². The van der Waals surface area contributed by atoms with E-state index in [2.05, 4.69) is 51.5 Å². The molecule has 0 saturated heterocycles. The molecule has 0 aliphatic carbocycles. The Balaban J connectivity index is 0.00000625. The van der Waals surface area contributed by atoms with Gasteiger partial charge in [0.25, 0.3) is 0 Å². The Labute approximate surface area is 175 Å². The molecular formula is C18H34IN5O2. The van der Waals surface area contributed by atoms with Crippen LogP contribution in [0.25, 0.3) is 0 Å². The Morgan fingerprint density at radius 3 is 2.50 bits per heavy atom. The summed E-state index contributed by atoms with van der Waals surface area (Å²) in [5.74, 6) is 1.80. The molecule has 0 aliphatic heterocycles. The molecule has 0 fully saturated rings. The summed E-state index contributed by atoms with van der Waals surface area (Å²) >= 11 is 0. The third kappa shape index (κ3) is 10.1. The second-order valence-corrected chi connectivity index (χ2v) is 5.51. The SMILES string of the molecule is CCN(CC)c1ccc(CNC(=NC)NCCCOCCOC)cn1.I. The molecule has 1 heterocycles. The number of nitrogens with zero attached hydrogens (tertiary/aromatic N) is 3. The molecule has 26 heavy (non-hydrogen) atoms. The first-order chi connectivity index (χ1) is 12.2. The zero-order chi connectivity index (χ0) is 18.3. The number of aliphatic imine (C=N–C) groups is 1. The van der Waals surface area contributed by atoms with Crippen LogP contribution in [0.3, 0.4) is 0 Å². The number of aromatic nitrogens is 1. The van der Waals surface area contributed by atoms with Crippen LogP contribution in [0.2, 0.25) is 0 Å². The van der Waals surface area contributed by atoms with E-state index < -0.39 is 0 Å². The highest BCUT2D eigenvalue weighted by Crippen LogP contribution is 2.10. The minimum absolute atomic E-state index is 0. The molecule has 0 aliphatic rings. The average Bonchev–Trinajstić information content (AvgIpc) is 2.65. The highest BCUT2D eigenvalue weighted by atomic mass is 127. The largest absolute Gasteiger partial charge is 0.382 e. The van der Waals surface area contributed by atoms with Gasteiger partial charge in [0.15, 0.2) is 5.96 Å². The monoisotopic (exact) mass is 479 g/mol. The van der Waals surface area contributed by atoms with Crippen molar-refractivity contribution in [3.05, 3.63) is 23.9 Å². The van der Waals surface area contributed by atoms with Crippen LogP contribution in [0, 0.1) is 0 Å². The van der Waals surface area contributed by atoms with E-state index in [-0.39, 0.29) is 24.0 Å². The fraction of sp³-hybridized carbons (Fsp3) is 0.667. The standard InChI is InChI=1S/C18H33N5O2.HI/c1-5-23(6-2)17-9-8-16(14-21-17)15-22-18(19-3)20-10-7-11-25-13-12-24-4;/h8-9,14H,5-7,10-13,15H2,1-4H3,(H2,19,20,22);1H. The molecule has 0 bridgehead atoms. The van der Waals surface area contributed by atoms with Crippen LogP contribution in [0.1, 0.15) is 25.8 Å². The number of rotatable bonds is 12. The number of hydrogen-bond donors (Lipinski definition) is 2. The first-order valence-electron chi connectivity index (χ1n) is 8.96. The maximum absolute atomic E-state index is 5.43. The average molecular weight is 479 g/mol. The van der Waals surface area contributed by atoms with Crippen molar-refractivity contribution in [2.45, 2.75) is 26.8 Å². The number of anilines is 1. The summed E-state index contributed by atoms with van der Waals surface area (Å²) in [6, 6.07) is 4.17. The van der Waals surface area contributed by atoms with E-state index in [4.69, 9.17) is 9.47 Å². The third-order valence-corrected chi connectivity index (χ3v) is 3.77. The maximum Gasteiger partial charge on any atom is 0.191 e. The van der Waals surface area contributed by atoms with Crippen LogP contribution in [0.15, 0.2) is 23.3 Å². The van der Waals surface area contributed by atoms with Crippen molar-refractivity contribution in [2.24, 2.45) is 4.99 Å². The highest BCUT2D eigenvalue weighted by Gasteiger charge is 2.03. The van der Waals surface area contributed by atoms with Gasteiger partial charge in [-0.1, -0.05) is 6.07 Å². The van der Waals surface area contributed by atoms with E-state index >= 15 is 0 Å². The Morgan fingerprint density at radius 2 is 1.92 bits per heavy atom. The minimum atomic E-state index is 0. The molecule has 0 aromatic carbocycles. The third-order valence-electron chi connectivity index (χ3n) is 3.77. The first kappa shape index (κ1) is 24.9. The van der Waals surface area contributed by atoms with Crippen molar-refractivity contribution >= 4 is 35.8 Å². The molecule has 1 aromatic rings. The van der Waals surface area contributed by atoms with Gasteiger partial charge in [-0.3, -0.25) is 4.99 Å². The fourth-order valence-electron chi connectivity index (χ4n) is 2.29. The normalized spacial score (nSPS) is 11.0. The molecule has 1 aromatic heterocycles. The zero-order valence-electron chi connectivity index (χ0n) is 16.5. The Hall–Kier alpha value is -1.13. The van der Waals surface area contributed by atoms with E-state index in [1.807, 2.05) is 6.20 Å². The van der Waals surface area contributed by atoms with Crippen molar-refractivity contribution < 1.29 is 9.47 Å². The highest BCUT2D eigenvalue weighted by molar-refractivity contribution is 14.0. The second-order valence-electron chi connectivity index (χ2n) is 5.51. The molecule has 150 valence electrons. The lowest BCUT2D eigenvalue weighted by molar-refractivity contribution is 0.0698. The Kier molecular flexibility index (Phi) is 15.4. The lowest BCUT2D eigenvalue weighted by atomic mass is 10.2. The number of guanidine groups is 1. The van der Waals surface area contributed by atoms with E-state index in [0.29, 0.717) is 26.4 Å². The van der Waals surface area contributed by atoms with Gasteiger partial charge in [-0.05, 0) is 31.9 Å². The van der Waals surface area contributed by atoms with Gasteiger partial charge in [-0.2, -0.15) is 0 Å². The fourth-order valence-corrected chi connectivity index (χ4v) is 2.29. The predicted molar refractivity (Wildman–Crippen MR) is 119 cm³/mol. The number of hydrogen-bond acceptors (Lipinski definition) is 5. The summed E-state index contributed by atoms with van der Waals surface area (Å²) in [5.41, 5.74) is 1.13.